The molecule has 0 aliphatic carbocycles. The van der Waals surface area contributed by atoms with E-state index in [1.165, 1.54) is 27.0 Å². The molecular weight excluding hydrogens is 249 g/mol. The Balaban J connectivity index is 3.26. The van der Waals surface area contributed by atoms with Crippen molar-refractivity contribution in [2.45, 2.75) is 19.4 Å². The van der Waals surface area contributed by atoms with Gasteiger partial charge >= 0.3 is 6.09 Å². The van der Waals surface area contributed by atoms with Gasteiger partial charge < -0.3 is 9.84 Å². The number of aliphatic hydroxyl groups is 1. The second-order valence-electron chi connectivity index (χ2n) is 3.99. The molecule has 0 aliphatic rings. The molecule has 0 atom stereocenters. The molecular formula is C11H13ClFNO3. The van der Waals surface area contributed by atoms with Gasteiger partial charge in [0, 0.05) is 5.56 Å². The lowest BCUT2D eigenvalue weighted by atomic mass is 9.96. The van der Waals surface area contributed by atoms with Crippen LogP contribution >= 0.6 is 11.6 Å². The number of hydrogen-bond donors (Lipinski definition) is 2. The Morgan fingerprint density at radius 3 is 2.59 bits per heavy atom. The van der Waals surface area contributed by atoms with E-state index in [1.807, 2.05) is 0 Å². The summed E-state index contributed by atoms with van der Waals surface area (Å²) >= 11 is 5.63. The largest absolute Gasteiger partial charge is 0.453 e. The lowest BCUT2D eigenvalue weighted by Gasteiger charge is -2.22. The zero-order valence-corrected chi connectivity index (χ0v) is 10.4. The van der Waals surface area contributed by atoms with Crippen molar-refractivity contribution in [3.63, 3.8) is 0 Å². The van der Waals surface area contributed by atoms with Gasteiger partial charge in [-0.15, -0.1) is 0 Å². The van der Waals surface area contributed by atoms with E-state index in [0.717, 1.165) is 6.07 Å². The van der Waals surface area contributed by atoms with E-state index in [4.69, 9.17) is 11.6 Å². The number of carbonyl (C=O) groups is 1. The lowest BCUT2D eigenvalue weighted by Crippen LogP contribution is -2.21. The monoisotopic (exact) mass is 261 g/mol. The fourth-order valence-corrected chi connectivity index (χ4v) is 1.48. The van der Waals surface area contributed by atoms with Crippen LogP contribution in [0.5, 0.6) is 0 Å². The lowest BCUT2D eigenvalue weighted by molar-refractivity contribution is 0.0792. The molecule has 0 unspecified atom stereocenters. The van der Waals surface area contributed by atoms with E-state index in [2.05, 4.69) is 10.1 Å². The molecule has 0 fully saturated rings. The van der Waals surface area contributed by atoms with Crippen LogP contribution in [0, 0.1) is 5.82 Å². The Labute approximate surface area is 103 Å². The zero-order valence-electron chi connectivity index (χ0n) is 9.67. The maximum absolute atomic E-state index is 13.3. The van der Waals surface area contributed by atoms with E-state index in [-0.39, 0.29) is 10.7 Å². The normalized spacial score (nSPS) is 11.2. The molecule has 2 N–H and O–H groups in total. The standard InChI is InChI=1S/C11H13ClFNO3/c1-11(2,16)6-4-7(12)8(13)5-9(6)14-10(15)17-3/h4-5,16H,1-3H3,(H,14,15). The molecule has 0 bridgehead atoms. The van der Waals surface area contributed by atoms with Crippen molar-refractivity contribution >= 4 is 23.4 Å². The van der Waals surface area contributed by atoms with Crippen molar-refractivity contribution in [3.8, 4) is 0 Å². The first-order valence-corrected chi connectivity index (χ1v) is 5.20. The van der Waals surface area contributed by atoms with Gasteiger partial charge in [0.15, 0.2) is 0 Å². The predicted molar refractivity (Wildman–Crippen MR) is 62.7 cm³/mol. The minimum atomic E-state index is -1.27. The SMILES string of the molecule is COC(=O)Nc1cc(F)c(Cl)cc1C(C)(C)O. The Bertz CT molecular complexity index is 443. The first-order valence-electron chi connectivity index (χ1n) is 4.82. The first-order chi connectivity index (χ1) is 7.75. The number of amides is 1. The second-order valence-corrected chi connectivity index (χ2v) is 4.39. The molecule has 1 aromatic rings. The topological polar surface area (TPSA) is 58.6 Å². The van der Waals surface area contributed by atoms with E-state index < -0.39 is 17.5 Å². The Hall–Kier alpha value is -1.33. The molecule has 0 saturated heterocycles. The summed E-state index contributed by atoms with van der Waals surface area (Å²) in [6.45, 7) is 3.00. The summed E-state index contributed by atoms with van der Waals surface area (Å²) in [5.74, 6) is -0.689. The van der Waals surface area contributed by atoms with Gasteiger partial charge in [-0.05, 0) is 26.0 Å². The van der Waals surface area contributed by atoms with Gasteiger partial charge in [0.2, 0.25) is 0 Å². The summed E-state index contributed by atoms with van der Waals surface area (Å²) in [7, 11) is 1.19. The highest BCUT2D eigenvalue weighted by Crippen LogP contribution is 2.32. The number of ether oxygens (including phenoxy) is 1. The molecule has 0 radical (unpaired) electrons. The minimum absolute atomic E-state index is 0.117. The van der Waals surface area contributed by atoms with Crippen LogP contribution in [0.25, 0.3) is 0 Å². The fourth-order valence-electron chi connectivity index (χ4n) is 1.32. The number of nitrogens with one attached hydrogen (secondary N) is 1. The average molecular weight is 262 g/mol. The van der Waals surface area contributed by atoms with Gasteiger partial charge in [0.05, 0.1) is 23.4 Å². The number of halogens is 2. The first kappa shape index (κ1) is 13.7. The van der Waals surface area contributed by atoms with E-state index in [0.29, 0.717) is 5.56 Å². The van der Waals surface area contributed by atoms with Crippen LogP contribution in [0.4, 0.5) is 14.9 Å². The van der Waals surface area contributed by atoms with Crippen LogP contribution < -0.4 is 5.32 Å². The fraction of sp³-hybridized carbons (Fsp3) is 0.364. The molecule has 0 aliphatic heterocycles. The van der Waals surface area contributed by atoms with Gasteiger partial charge in [0.1, 0.15) is 5.82 Å². The summed E-state index contributed by atoms with van der Waals surface area (Å²) in [4.78, 5) is 11.1. The molecule has 0 heterocycles. The van der Waals surface area contributed by atoms with Crippen molar-refractivity contribution < 1.29 is 19.0 Å². The zero-order chi connectivity index (χ0) is 13.2. The third kappa shape index (κ3) is 3.31. The van der Waals surface area contributed by atoms with Crippen LogP contribution in [0.3, 0.4) is 0 Å². The van der Waals surface area contributed by atoms with Crippen LogP contribution in [-0.4, -0.2) is 18.3 Å². The quantitative estimate of drug-likeness (QED) is 0.861. The molecule has 0 saturated carbocycles. The number of rotatable bonds is 2. The second kappa shape index (κ2) is 4.89. The highest BCUT2D eigenvalue weighted by atomic mass is 35.5. The molecule has 0 aromatic heterocycles. The third-order valence-corrected chi connectivity index (χ3v) is 2.43. The molecule has 17 heavy (non-hydrogen) atoms. The summed E-state index contributed by atoms with van der Waals surface area (Å²) in [5.41, 5.74) is -0.853. The molecule has 0 spiro atoms. The molecule has 1 amide bonds. The minimum Gasteiger partial charge on any atom is -0.453 e. The smallest absolute Gasteiger partial charge is 0.411 e. The van der Waals surface area contributed by atoms with Crippen molar-refractivity contribution in [1.82, 2.24) is 0 Å². The van der Waals surface area contributed by atoms with Crippen LogP contribution in [0.15, 0.2) is 12.1 Å². The number of anilines is 1. The Morgan fingerprint density at radius 2 is 2.12 bits per heavy atom. The number of carbonyl (C=O) groups excluding carboxylic acids is 1. The molecule has 1 rings (SSSR count). The number of methoxy groups -OCH3 is 1. The van der Waals surface area contributed by atoms with Crippen LogP contribution in [0.2, 0.25) is 5.02 Å². The highest BCUT2D eigenvalue weighted by molar-refractivity contribution is 6.30. The molecule has 94 valence electrons. The summed E-state index contributed by atoms with van der Waals surface area (Å²) in [6, 6.07) is 2.30. The maximum Gasteiger partial charge on any atom is 0.411 e. The van der Waals surface area contributed by atoms with Crippen LogP contribution in [-0.2, 0) is 10.3 Å². The maximum atomic E-state index is 13.3. The van der Waals surface area contributed by atoms with E-state index in [9.17, 15) is 14.3 Å². The molecule has 4 nitrogen and oxygen atoms in total. The van der Waals surface area contributed by atoms with Gasteiger partial charge in [-0.1, -0.05) is 11.6 Å². The van der Waals surface area contributed by atoms with Gasteiger partial charge in [-0.25, -0.2) is 9.18 Å². The third-order valence-electron chi connectivity index (χ3n) is 2.14. The van der Waals surface area contributed by atoms with Crippen molar-refractivity contribution in [3.05, 3.63) is 28.5 Å². The molecule has 6 heteroatoms. The van der Waals surface area contributed by atoms with Gasteiger partial charge in [0.25, 0.3) is 0 Å². The van der Waals surface area contributed by atoms with E-state index >= 15 is 0 Å². The predicted octanol–water partition coefficient (Wildman–Crippen LogP) is 2.88. The average Bonchev–Trinajstić information content (AvgIpc) is 2.21. The summed E-state index contributed by atoms with van der Waals surface area (Å²) in [5, 5.41) is 12.1. The summed E-state index contributed by atoms with van der Waals surface area (Å²) in [6.07, 6.45) is -0.753. The summed E-state index contributed by atoms with van der Waals surface area (Å²) < 4.78 is 17.7. The highest BCUT2D eigenvalue weighted by Gasteiger charge is 2.23. The Kier molecular flexibility index (Phi) is 3.95. The Morgan fingerprint density at radius 1 is 1.53 bits per heavy atom. The number of benzene rings is 1. The van der Waals surface area contributed by atoms with Crippen molar-refractivity contribution in [2.24, 2.45) is 0 Å². The van der Waals surface area contributed by atoms with Crippen LogP contribution in [0.1, 0.15) is 19.4 Å². The van der Waals surface area contributed by atoms with Gasteiger partial charge in [-0.2, -0.15) is 0 Å². The van der Waals surface area contributed by atoms with Crippen molar-refractivity contribution in [2.75, 3.05) is 12.4 Å². The van der Waals surface area contributed by atoms with Gasteiger partial charge in [-0.3, -0.25) is 5.32 Å². The number of hydrogen-bond acceptors (Lipinski definition) is 3. The molecule has 1 aromatic carbocycles. The van der Waals surface area contributed by atoms with E-state index in [1.54, 1.807) is 0 Å². The van der Waals surface area contributed by atoms with Crippen molar-refractivity contribution in [1.29, 1.82) is 0 Å².